The molecule has 0 aromatic carbocycles. The Balaban J connectivity index is 1.44. The number of terminal acetylenes is 1. The number of hydroxylamine groups is 2. The number of imide groups is 1. The fraction of sp³-hybridized carbons (Fsp3) is 0.724. The molecule has 238 valence electrons. The van der Waals surface area contributed by atoms with Gasteiger partial charge in [0.15, 0.2) is 0 Å². The molecule has 3 fully saturated rings. The van der Waals surface area contributed by atoms with Gasteiger partial charge in [-0.05, 0) is 24.2 Å². The van der Waals surface area contributed by atoms with E-state index in [-0.39, 0.29) is 71.1 Å². The lowest BCUT2D eigenvalue weighted by Crippen LogP contribution is -2.58. The normalized spacial score (nSPS) is 23.5. The molecular weight excluding hydrogens is 564 g/mol. The Bertz CT molecular complexity index is 1060. The molecule has 0 radical (unpaired) electrons. The number of carbonyl (C=O) groups excluding carboxylic acids is 6. The Hall–Kier alpha value is -3.70. The molecule has 4 atom stereocenters. The molecule has 0 aromatic rings. The fourth-order valence-corrected chi connectivity index (χ4v) is 5.65. The van der Waals surface area contributed by atoms with Crippen LogP contribution < -0.4 is 5.32 Å². The summed E-state index contributed by atoms with van der Waals surface area (Å²) < 4.78 is 15.4. The first-order chi connectivity index (χ1) is 20.7. The lowest BCUT2D eigenvalue weighted by Gasteiger charge is -2.40. The van der Waals surface area contributed by atoms with Crippen LogP contribution in [0.5, 0.6) is 0 Å². The minimum atomic E-state index is -0.825. The van der Waals surface area contributed by atoms with Crippen LogP contribution in [0.1, 0.15) is 51.9 Å². The van der Waals surface area contributed by atoms with Gasteiger partial charge >= 0.3 is 18.0 Å². The molecule has 1 aliphatic carbocycles. The van der Waals surface area contributed by atoms with Crippen molar-refractivity contribution in [2.75, 3.05) is 59.7 Å². The Morgan fingerprint density at radius 1 is 0.977 bits per heavy atom. The van der Waals surface area contributed by atoms with Gasteiger partial charge in [-0.1, -0.05) is 19.8 Å². The minimum absolute atomic E-state index is 0.0227. The first-order valence-corrected chi connectivity index (χ1v) is 14.7. The quantitative estimate of drug-likeness (QED) is 0.148. The van der Waals surface area contributed by atoms with Gasteiger partial charge in [-0.15, -0.1) is 17.4 Å². The van der Waals surface area contributed by atoms with E-state index in [0.717, 1.165) is 19.3 Å². The van der Waals surface area contributed by atoms with Crippen LogP contribution in [0.4, 0.5) is 4.79 Å². The van der Waals surface area contributed by atoms with E-state index in [1.807, 2.05) is 0 Å². The van der Waals surface area contributed by atoms with Crippen molar-refractivity contribution in [1.82, 2.24) is 20.2 Å². The van der Waals surface area contributed by atoms with Crippen LogP contribution in [0.25, 0.3) is 0 Å². The number of amides is 4. The van der Waals surface area contributed by atoms with Crippen molar-refractivity contribution >= 4 is 35.8 Å². The summed E-state index contributed by atoms with van der Waals surface area (Å²) in [6, 6.07) is -0.564. The lowest BCUT2D eigenvalue weighted by molar-refractivity contribution is -0.199. The third-order valence-electron chi connectivity index (χ3n) is 7.96. The first kappa shape index (κ1) is 33.8. The third-order valence-corrected chi connectivity index (χ3v) is 7.96. The summed E-state index contributed by atoms with van der Waals surface area (Å²) in [6.07, 6.45) is 8.59. The van der Waals surface area contributed by atoms with Gasteiger partial charge in [0.1, 0.15) is 13.2 Å². The number of nitrogens with one attached hydrogen (secondary N) is 1. The monoisotopic (exact) mass is 606 g/mol. The number of rotatable bonds is 16. The van der Waals surface area contributed by atoms with Gasteiger partial charge in [0.05, 0.1) is 19.2 Å². The highest BCUT2D eigenvalue weighted by Crippen LogP contribution is 2.51. The first-order valence-electron chi connectivity index (χ1n) is 14.7. The van der Waals surface area contributed by atoms with E-state index in [2.05, 4.69) is 18.2 Å². The maximum atomic E-state index is 12.9. The van der Waals surface area contributed by atoms with Crippen LogP contribution in [-0.4, -0.2) is 116 Å². The molecule has 2 aliphatic heterocycles. The van der Waals surface area contributed by atoms with Gasteiger partial charge in [-0.25, -0.2) is 14.4 Å². The summed E-state index contributed by atoms with van der Waals surface area (Å²) in [4.78, 5) is 81.3. The molecule has 0 bridgehead atoms. The van der Waals surface area contributed by atoms with Gasteiger partial charge in [-0.3, -0.25) is 19.3 Å². The summed E-state index contributed by atoms with van der Waals surface area (Å²) in [5, 5.41) is 3.10. The third kappa shape index (κ3) is 10.2. The second kappa shape index (κ2) is 16.8. The Kier molecular flexibility index (Phi) is 13.2. The SMILES string of the molecule is C#CCC[C@@H]1[C@H](CCC)[C@@H]1COC(=O)NCCC(=O)N1CCN(CC(=O)ON2C(=O)CCC2=O)C(COC(=O)COC)C1. The van der Waals surface area contributed by atoms with Crippen molar-refractivity contribution in [3.8, 4) is 12.3 Å². The molecule has 2 heterocycles. The van der Waals surface area contributed by atoms with E-state index in [4.69, 9.17) is 25.5 Å². The van der Waals surface area contributed by atoms with Crippen LogP contribution in [0.2, 0.25) is 0 Å². The predicted octanol–water partition coefficient (Wildman–Crippen LogP) is 0.488. The number of methoxy groups -OCH3 is 1. The maximum Gasteiger partial charge on any atom is 0.407 e. The number of hydrogen-bond acceptors (Lipinski definition) is 11. The van der Waals surface area contributed by atoms with E-state index in [1.165, 1.54) is 7.11 Å². The van der Waals surface area contributed by atoms with Crippen LogP contribution in [0, 0.1) is 30.1 Å². The minimum Gasteiger partial charge on any atom is -0.462 e. The van der Waals surface area contributed by atoms with E-state index < -0.39 is 35.9 Å². The second-order valence-electron chi connectivity index (χ2n) is 10.9. The van der Waals surface area contributed by atoms with Crippen molar-refractivity contribution in [2.24, 2.45) is 17.8 Å². The van der Waals surface area contributed by atoms with Crippen LogP contribution in [0.3, 0.4) is 0 Å². The largest absolute Gasteiger partial charge is 0.462 e. The Morgan fingerprint density at radius 3 is 2.37 bits per heavy atom. The summed E-state index contributed by atoms with van der Waals surface area (Å²) in [5.41, 5.74) is 0. The number of ether oxygens (including phenoxy) is 3. The number of hydrogen-bond donors (Lipinski definition) is 1. The second-order valence-corrected chi connectivity index (χ2v) is 10.9. The van der Waals surface area contributed by atoms with E-state index >= 15 is 0 Å². The molecule has 4 amide bonds. The highest BCUT2D eigenvalue weighted by Gasteiger charge is 2.48. The Labute approximate surface area is 251 Å². The zero-order valence-corrected chi connectivity index (χ0v) is 24.9. The lowest BCUT2D eigenvalue weighted by atomic mass is 10.1. The molecule has 14 heteroatoms. The van der Waals surface area contributed by atoms with Crippen molar-refractivity contribution < 1.29 is 47.8 Å². The number of piperazine rings is 1. The number of esters is 1. The average Bonchev–Trinajstić information content (AvgIpc) is 3.55. The average molecular weight is 607 g/mol. The van der Waals surface area contributed by atoms with Gasteiger partial charge in [0.2, 0.25) is 5.91 Å². The van der Waals surface area contributed by atoms with E-state index in [0.29, 0.717) is 35.8 Å². The summed E-state index contributed by atoms with van der Waals surface area (Å²) >= 11 is 0. The molecule has 0 spiro atoms. The molecule has 2 saturated heterocycles. The Morgan fingerprint density at radius 2 is 1.70 bits per heavy atom. The summed E-state index contributed by atoms with van der Waals surface area (Å²) in [6.45, 7) is 2.50. The molecule has 1 saturated carbocycles. The zero-order chi connectivity index (χ0) is 31.4. The van der Waals surface area contributed by atoms with Crippen LogP contribution >= 0.6 is 0 Å². The predicted molar refractivity (Wildman–Crippen MR) is 149 cm³/mol. The topological polar surface area (TPSA) is 161 Å². The van der Waals surface area contributed by atoms with E-state index in [1.54, 1.807) is 9.80 Å². The molecule has 1 N–H and O–H groups in total. The summed E-state index contributed by atoms with van der Waals surface area (Å²) in [7, 11) is 1.35. The van der Waals surface area contributed by atoms with E-state index in [9.17, 15) is 28.8 Å². The zero-order valence-electron chi connectivity index (χ0n) is 24.9. The molecule has 3 aliphatic rings. The standard InChI is InChI=1S/C29H42N4O10/c1-4-6-8-22-21(7-5-2)23(22)18-42-29(39)30-12-11-24(34)32-14-13-31(20(15-32)17-41-28(38)19-40-3)16-27(37)43-33-25(35)9-10-26(33)36/h1,20-23H,5-19H2,2-3H3,(H,30,39)/t20?,21-,22+,23-/m0/s1. The highest BCUT2D eigenvalue weighted by molar-refractivity contribution is 6.01. The molecule has 1 unspecified atom stereocenters. The highest BCUT2D eigenvalue weighted by atomic mass is 16.7. The van der Waals surface area contributed by atoms with Gasteiger partial charge < -0.3 is 29.3 Å². The number of carbonyl (C=O) groups is 6. The summed E-state index contributed by atoms with van der Waals surface area (Å²) in [5.74, 6) is 1.15. The van der Waals surface area contributed by atoms with Crippen LogP contribution in [-0.2, 0) is 43.0 Å². The smallest absolute Gasteiger partial charge is 0.407 e. The van der Waals surface area contributed by atoms with Crippen molar-refractivity contribution in [2.45, 2.75) is 57.9 Å². The number of alkyl carbamates (subject to hydrolysis) is 1. The van der Waals surface area contributed by atoms with Crippen molar-refractivity contribution in [3.05, 3.63) is 0 Å². The van der Waals surface area contributed by atoms with Crippen LogP contribution in [0.15, 0.2) is 0 Å². The molecule has 3 rings (SSSR count). The maximum absolute atomic E-state index is 12.9. The fourth-order valence-electron chi connectivity index (χ4n) is 5.65. The van der Waals surface area contributed by atoms with Crippen molar-refractivity contribution in [3.63, 3.8) is 0 Å². The molecule has 43 heavy (non-hydrogen) atoms. The molecule has 14 nitrogen and oxygen atoms in total. The van der Waals surface area contributed by atoms with Gasteiger partial charge in [0.25, 0.3) is 11.8 Å². The molecule has 0 aromatic heterocycles. The number of nitrogens with zero attached hydrogens (tertiary/aromatic N) is 3. The van der Waals surface area contributed by atoms with Gasteiger partial charge in [0, 0.05) is 59.0 Å². The van der Waals surface area contributed by atoms with Crippen molar-refractivity contribution in [1.29, 1.82) is 0 Å². The molecular formula is C29H42N4O10. The van der Waals surface area contributed by atoms with Gasteiger partial charge in [-0.2, -0.15) is 0 Å².